The predicted molar refractivity (Wildman–Crippen MR) is 130 cm³/mol. The lowest BCUT2D eigenvalue weighted by atomic mass is 10.2. The number of halogens is 1. The van der Waals surface area contributed by atoms with Crippen LogP contribution in [0.5, 0.6) is 0 Å². The molecule has 0 radical (unpaired) electrons. The van der Waals surface area contributed by atoms with Crippen molar-refractivity contribution in [3.8, 4) is 0 Å². The summed E-state index contributed by atoms with van der Waals surface area (Å²) in [6.07, 6.45) is 1.04. The minimum Gasteiger partial charge on any atom is -1.00 e. The first-order valence-electron chi connectivity index (χ1n) is 10.2. The van der Waals surface area contributed by atoms with E-state index >= 15 is 0 Å². The Morgan fingerprint density at radius 2 is 0.800 bits per heavy atom. The molecule has 152 valence electrons. The van der Waals surface area contributed by atoms with Crippen LogP contribution in [-0.4, -0.2) is 0 Å². The standard InChI is InChI=1S/C28H28P.BrH/c1-22-13-7-10-18-26(22)29(21-25-16-5-4-6-17-25,27-19-11-8-14-23(27)2)28-20-12-9-15-24(28)3;/h4-20H,21H2,1-3H3;1H/q+1;/p-1. The number of aryl methyl sites for hydroxylation is 3. The van der Waals surface area contributed by atoms with Crippen molar-refractivity contribution in [2.45, 2.75) is 26.9 Å². The van der Waals surface area contributed by atoms with Gasteiger partial charge in [-0.05, 0) is 61.2 Å². The average molecular weight is 475 g/mol. The highest BCUT2D eigenvalue weighted by Gasteiger charge is 2.48. The van der Waals surface area contributed by atoms with E-state index < -0.39 is 7.26 Å². The van der Waals surface area contributed by atoms with E-state index in [9.17, 15) is 0 Å². The van der Waals surface area contributed by atoms with Gasteiger partial charge in [0, 0.05) is 0 Å². The summed E-state index contributed by atoms with van der Waals surface area (Å²) in [6.45, 7) is 6.81. The Labute approximate surface area is 192 Å². The highest BCUT2D eigenvalue weighted by Crippen LogP contribution is 2.59. The van der Waals surface area contributed by atoms with Crippen LogP contribution in [0, 0.1) is 20.8 Å². The fourth-order valence-electron chi connectivity index (χ4n) is 4.48. The predicted octanol–water partition coefficient (Wildman–Crippen LogP) is 3.11. The molecule has 0 aliphatic carbocycles. The lowest BCUT2D eigenvalue weighted by molar-refractivity contribution is -0.00000589. The van der Waals surface area contributed by atoms with Crippen LogP contribution >= 0.6 is 7.26 Å². The Balaban J connectivity index is 0.00000256. The maximum atomic E-state index is 2.37. The van der Waals surface area contributed by atoms with Crippen molar-refractivity contribution in [1.29, 1.82) is 0 Å². The highest BCUT2D eigenvalue weighted by molar-refractivity contribution is 7.95. The van der Waals surface area contributed by atoms with Crippen LogP contribution in [-0.2, 0) is 6.16 Å². The van der Waals surface area contributed by atoms with Crippen molar-refractivity contribution in [2.24, 2.45) is 0 Å². The van der Waals surface area contributed by atoms with Crippen LogP contribution in [0.3, 0.4) is 0 Å². The lowest BCUT2D eigenvalue weighted by Crippen LogP contribution is -3.00. The Kier molecular flexibility index (Phi) is 7.29. The monoisotopic (exact) mass is 474 g/mol. The molecule has 0 unspecified atom stereocenters. The number of hydrogen-bond acceptors (Lipinski definition) is 0. The van der Waals surface area contributed by atoms with Crippen molar-refractivity contribution < 1.29 is 17.0 Å². The second kappa shape index (κ2) is 9.73. The molecule has 0 aliphatic rings. The van der Waals surface area contributed by atoms with Crippen molar-refractivity contribution in [3.05, 3.63) is 125 Å². The van der Waals surface area contributed by atoms with Crippen molar-refractivity contribution in [1.82, 2.24) is 0 Å². The fourth-order valence-corrected chi connectivity index (χ4v) is 9.58. The first-order chi connectivity index (χ1) is 14.1. The topological polar surface area (TPSA) is 0 Å². The van der Waals surface area contributed by atoms with E-state index in [0.717, 1.165) is 6.16 Å². The minimum atomic E-state index is -1.89. The van der Waals surface area contributed by atoms with Gasteiger partial charge in [0.2, 0.25) is 0 Å². The third kappa shape index (κ3) is 4.15. The molecule has 0 heterocycles. The van der Waals surface area contributed by atoms with Crippen LogP contribution in [0.25, 0.3) is 0 Å². The molecule has 0 amide bonds. The second-order valence-corrected chi connectivity index (χ2v) is 11.2. The molecule has 0 saturated carbocycles. The van der Waals surface area contributed by atoms with Crippen LogP contribution in [0.15, 0.2) is 103 Å². The summed E-state index contributed by atoms with van der Waals surface area (Å²) in [5.41, 5.74) is 5.53. The molecule has 0 N–H and O–H groups in total. The quantitative estimate of drug-likeness (QED) is 0.390. The van der Waals surface area contributed by atoms with Crippen LogP contribution in [0.4, 0.5) is 0 Å². The summed E-state index contributed by atoms with van der Waals surface area (Å²) in [4.78, 5) is 0. The Morgan fingerprint density at radius 1 is 0.467 bits per heavy atom. The largest absolute Gasteiger partial charge is 1.00 e. The molecular formula is C28H28BrP. The van der Waals surface area contributed by atoms with Gasteiger partial charge in [0.25, 0.3) is 0 Å². The van der Waals surface area contributed by atoms with Crippen molar-refractivity contribution in [3.63, 3.8) is 0 Å². The molecule has 0 bridgehead atoms. The Bertz CT molecular complexity index is 1010. The average Bonchev–Trinajstić information content (AvgIpc) is 2.74. The molecule has 4 rings (SSSR count). The molecular weight excluding hydrogens is 447 g/mol. The number of benzene rings is 4. The molecule has 0 nitrogen and oxygen atoms in total. The van der Waals surface area contributed by atoms with E-state index in [1.165, 1.54) is 38.2 Å². The van der Waals surface area contributed by atoms with Crippen LogP contribution in [0.1, 0.15) is 22.3 Å². The van der Waals surface area contributed by atoms with E-state index in [2.05, 4.69) is 124 Å². The van der Waals surface area contributed by atoms with Gasteiger partial charge >= 0.3 is 0 Å². The van der Waals surface area contributed by atoms with E-state index in [1.54, 1.807) is 0 Å². The van der Waals surface area contributed by atoms with Gasteiger partial charge in [0.1, 0.15) is 23.2 Å². The molecule has 0 saturated heterocycles. The van der Waals surface area contributed by atoms with Gasteiger partial charge in [0.15, 0.2) is 0 Å². The molecule has 0 spiro atoms. The van der Waals surface area contributed by atoms with Crippen molar-refractivity contribution >= 4 is 23.2 Å². The van der Waals surface area contributed by atoms with Gasteiger partial charge in [-0.2, -0.15) is 0 Å². The first-order valence-corrected chi connectivity index (χ1v) is 12.2. The molecule has 0 fully saturated rings. The minimum absolute atomic E-state index is 0. The summed E-state index contributed by atoms with van der Waals surface area (Å²) in [5, 5.41) is 4.48. The van der Waals surface area contributed by atoms with E-state index in [-0.39, 0.29) is 17.0 Å². The van der Waals surface area contributed by atoms with E-state index in [0.29, 0.717) is 0 Å². The molecule has 0 atom stereocenters. The fraction of sp³-hybridized carbons (Fsp3) is 0.143. The molecule has 2 heteroatoms. The number of hydrogen-bond donors (Lipinski definition) is 0. The van der Waals surface area contributed by atoms with Gasteiger partial charge in [-0.15, -0.1) is 0 Å². The summed E-state index contributed by atoms with van der Waals surface area (Å²) in [7, 11) is -1.89. The molecule has 0 aliphatic heterocycles. The summed E-state index contributed by atoms with van der Waals surface area (Å²) < 4.78 is 0. The first kappa shape index (κ1) is 22.5. The lowest BCUT2D eigenvalue weighted by Gasteiger charge is -2.31. The maximum absolute atomic E-state index is 2.37. The zero-order valence-corrected chi connectivity index (χ0v) is 20.3. The van der Waals surface area contributed by atoms with Gasteiger partial charge in [-0.1, -0.05) is 84.9 Å². The summed E-state index contributed by atoms with van der Waals surface area (Å²) in [6, 6.07) is 38.0. The normalized spacial score (nSPS) is 11.0. The van der Waals surface area contributed by atoms with Gasteiger partial charge in [-0.25, -0.2) is 0 Å². The van der Waals surface area contributed by atoms with Gasteiger partial charge in [-0.3, -0.25) is 0 Å². The molecule has 0 aromatic heterocycles. The SMILES string of the molecule is Cc1ccccc1[P+](Cc1ccccc1)(c1ccccc1C)c1ccccc1C.[Br-]. The van der Waals surface area contributed by atoms with E-state index in [1.807, 2.05) is 0 Å². The Hall–Kier alpha value is -2.21. The zero-order valence-electron chi connectivity index (χ0n) is 17.8. The summed E-state index contributed by atoms with van der Waals surface area (Å²) >= 11 is 0. The summed E-state index contributed by atoms with van der Waals surface area (Å²) in [5.74, 6) is 0. The maximum Gasteiger partial charge on any atom is 0.117 e. The zero-order chi connectivity index (χ0) is 20.3. The van der Waals surface area contributed by atoms with E-state index in [4.69, 9.17) is 0 Å². The second-order valence-electron chi connectivity index (χ2n) is 7.81. The smallest absolute Gasteiger partial charge is 0.117 e. The van der Waals surface area contributed by atoms with Gasteiger partial charge in [0.05, 0.1) is 6.16 Å². The Morgan fingerprint density at radius 3 is 1.17 bits per heavy atom. The number of rotatable bonds is 5. The molecule has 4 aromatic rings. The molecule has 4 aromatic carbocycles. The van der Waals surface area contributed by atoms with Crippen molar-refractivity contribution in [2.75, 3.05) is 0 Å². The van der Waals surface area contributed by atoms with Crippen LogP contribution in [0.2, 0.25) is 0 Å². The highest BCUT2D eigenvalue weighted by atomic mass is 79.9. The third-order valence-electron chi connectivity index (χ3n) is 5.84. The van der Waals surface area contributed by atoms with Crippen LogP contribution < -0.4 is 32.9 Å². The molecule has 30 heavy (non-hydrogen) atoms. The van der Waals surface area contributed by atoms with Gasteiger partial charge < -0.3 is 17.0 Å². The third-order valence-corrected chi connectivity index (χ3v) is 10.7.